The van der Waals surface area contributed by atoms with E-state index in [4.69, 9.17) is 17.3 Å². The minimum Gasteiger partial charge on any atom is -0.399 e. The minimum atomic E-state index is -0.662. The molecule has 0 saturated heterocycles. The highest BCUT2D eigenvalue weighted by atomic mass is 35.5. The molecule has 2 rings (SSSR count). The van der Waals surface area contributed by atoms with E-state index in [0.29, 0.717) is 16.4 Å². The van der Waals surface area contributed by atoms with Crippen molar-refractivity contribution in [1.29, 1.82) is 0 Å². The number of aryl methyl sites for hydroxylation is 1. The highest BCUT2D eigenvalue weighted by molar-refractivity contribution is 6.33. The third kappa shape index (κ3) is 2.80. The summed E-state index contributed by atoms with van der Waals surface area (Å²) in [5.41, 5.74) is 6.59. The second-order valence-corrected chi connectivity index (χ2v) is 4.65. The van der Waals surface area contributed by atoms with Crippen LogP contribution in [-0.2, 0) is 0 Å². The molecular formula is C13H11ClFN3O2. The van der Waals surface area contributed by atoms with Gasteiger partial charge in [-0.25, -0.2) is 4.39 Å². The number of hydrogen-bond donors (Lipinski definition) is 2. The van der Waals surface area contributed by atoms with Gasteiger partial charge < -0.3 is 11.1 Å². The third-order valence-corrected chi connectivity index (χ3v) is 3.06. The standard InChI is InChI=1S/C13H11ClFN3O2/c1-7-4-12(13(18(19)20)6-10(7)15)17-11-5-8(16)2-3-9(11)14/h2-6,17H,16H2,1H3. The Morgan fingerprint density at radius 2 is 2.00 bits per heavy atom. The number of hydrogen-bond acceptors (Lipinski definition) is 4. The quantitative estimate of drug-likeness (QED) is 0.509. The average molecular weight is 296 g/mol. The molecule has 0 aliphatic heterocycles. The molecular weight excluding hydrogens is 285 g/mol. The van der Waals surface area contributed by atoms with Crippen LogP contribution in [0.25, 0.3) is 0 Å². The van der Waals surface area contributed by atoms with Crippen molar-refractivity contribution in [2.45, 2.75) is 6.92 Å². The second kappa shape index (κ2) is 5.34. The van der Waals surface area contributed by atoms with Crippen molar-refractivity contribution < 1.29 is 9.31 Å². The molecule has 2 aromatic rings. The Balaban J connectivity index is 2.50. The van der Waals surface area contributed by atoms with Gasteiger partial charge in [-0.2, -0.15) is 0 Å². The lowest BCUT2D eigenvalue weighted by molar-refractivity contribution is -0.384. The van der Waals surface area contributed by atoms with E-state index in [2.05, 4.69) is 5.32 Å². The summed E-state index contributed by atoms with van der Waals surface area (Å²) < 4.78 is 13.4. The molecule has 0 fully saturated rings. The van der Waals surface area contributed by atoms with Gasteiger partial charge in [0.15, 0.2) is 0 Å². The zero-order valence-corrected chi connectivity index (χ0v) is 11.2. The molecule has 0 heterocycles. The number of nitro benzene ring substituents is 1. The van der Waals surface area contributed by atoms with Crippen LogP contribution in [0.1, 0.15) is 5.56 Å². The average Bonchev–Trinajstić information content (AvgIpc) is 2.37. The van der Waals surface area contributed by atoms with Crippen LogP contribution in [0.15, 0.2) is 30.3 Å². The van der Waals surface area contributed by atoms with E-state index in [-0.39, 0.29) is 16.9 Å². The number of nitrogens with two attached hydrogens (primary N) is 1. The summed E-state index contributed by atoms with van der Waals surface area (Å²) in [6, 6.07) is 6.95. The number of halogens is 2. The first-order valence-electron chi connectivity index (χ1n) is 5.65. The molecule has 0 radical (unpaired) electrons. The zero-order chi connectivity index (χ0) is 14.9. The fourth-order valence-corrected chi connectivity index (χ4v) is 1.87. The molecule has 104 valence electrons. The van der Waals surface area contributed by atoms with Gasteiger partial charge in [0.05, 0.1) is 21.7 Å². The summed E-state index contributed by atoms with van der Waals surface area (Å²) in [6.07, 6.45) is 0. The van der Waals surface area contributed by atoms with Crippen LogP contribution in [0.4, 0.5) is 27.1 Å². The summed E-state index contributed by atoms with van der Waals surface area (Å²) in [4.78, 5) is 10.3. The van der Waals surface area contributed by atoms with Gasteiger partial charge in [0, 0.05) is 5.69 Å². The molecule has 0 aromatic heterocycles. The van der Waals surface area contributed by atoms with Gasteiger partial charge in [0.2, 0.25) is 0 Å². The minimum absolute atomic E-state index is 0.154. The van der Waals surface area contributed by atoms with Gasteiger partial charge >= 0.3 is 0 Å². The number of rotatable bonds is 3. The van der Waals surface area contributed by atoms with Crippen LogP contribution in [0.3, 0.4) is 0 Å². The van der Waals surface area contributed by atoms with Crippen LogP contribution < -0.4 is 11.1 Å². The van der Waals surface area contributed by atoms with E-state index in [1.165, 1.54) is 13.0 Å². The lowest BCUT2D eigenvalue weighted by Gasteiger charge is -2.10. The molecule has 0 atom stereocenters. The van der Waals surface area contributed by atoms with Crippen molar-refractivity contribution in [1.82, 2.24) is 0 Å². The largest absolute Gasteiger partial charge is 0.399 e. The number of benzene rings is 2. The summed E-state index contributed by atoms with van der Waals surface area (Å²) >= 11 is 5.99. The lowest BCUT2D eigenvalue weighted by Crippen LogP contribution is -2.00. The van der Waals surface area contributed by atoms with Crippen LogP contribution in [-0.4, -0.2) is 4.92 Å². The third-order valence-electron chi connectivity index (χ3n) is 2.73. The molecule has 7 heteroatoms. The molecule has 2 aromatic carbocycles. The van der Waals surface area contributed by atoms with Crippen molar-refractivity contribution in [2.24, 2.45) is 0 Å². The Kier molecular flexibility index (Phi) is 3.76. The SMILES string of the molecule is Cc1cc(Nc2cc(N)ccc2Cl)c([N+](=O)[O-])cc1F. The van der Waals surface area contributed by atoms with Gasteiger partial charge in [-0.05, 0) is 36.8 Å². The first-order valence-corrected chi connectivity index (χ1v) is 6.03. The van der Waals surface area contributed by atoms with Gasteiger partial charge in [0.25, 0.3) is 5.69 Å². The predicted molar refractivity (Wildman–Crippen MR) is 76.9 cm³/mol. The Hall–Kier alpha value is -2.34. The number of nitrogens with zero attached hydrogens (tertiary/aromatic N) is 1. The van der Waals surface area contributed by atoms with Crippen LogP contribution in [0.5, 0.6) is 0 Å². The Morgan fingerprint density at radius 3 is 2.65 bits per heavy atom. The van der Waals surface area contributed by atoms with Crippen LogP contribution >= 0.6 is 11.6 Å². The van der Waals surface area contributed by atoms with Crippen molar-refractivity contribution in [2.75, 3.05) is 11.1 Å². The number of nitrogen functional groups attached to an aromatic ring is 1. The molecule has 0 saturated carbocycles. The monoisotopic (exact) mass is 295 g/mol. The smallest absolute Gasteiger partial charge is 0.295 e. The lowest BCUT2D eigenvalue weighted by atomic mass is 10.1. The number of nitro groups is 1. The predicted octanol–water partition coefficient (Wildman–Crippen LogP) is 4.02. The van der Waals surface area contributed by atoms with Gasteiger partial charge in [-0.1, -0.05) is 11.6 Å². The molecule has 0 bridgehead atoms. The van der Waals surface area contributed by atoms with Crippen molar-refractivity contribution in [3.63, 3.8) is 0 Å². The van der Waals surface area contributed by atoms with Crippen molar-refractivity contribution in [3.8, 4) is 0 Å². The Morgan fingerprint density at radius 1 is 1.30 bits per heavy atom. The number of anilines is 3. The second-order valence-electron chi connectivity index (χ2n) is 4.24. The summed E-state index contributed by atoms with van der Waals surface area (Å²) in [7, 11) is 0. The Labute approximate surface area is 119 Å². The molecule has 0 aliphatic carbocycles. The molecule has 0 spiro atoms. The number of nitrogens with one attached hydrogen (secondary N) is 1. The van der Waals surface area contributed by atoms with E-state index >= 15 is 0 Å². The molecule has 20 heavy (non-hydrogen) atoms. The van der Waals surface area contributed by atoms with Crippen molar-refractivity contribution >= 4 is 34.4 Å². The highest BCUT2D eigenvalue weighted by Crippen LogP contribution is 2.33. The van der Waals surface area contributed by atoms with Crippen LogP contribution in [0, 0.1) is 22.9 Å². The molecule has 3 N–H and O–H groups in total. The van der Waals surface area contributed by atoms with Crippen molar-refractivity contribution in [3.05, 3.63) is 56.8 Å². The van der Waals surface area contributed by atoms with E-state index in [0.717, 1.165) is 6.07 Å². The first-order chi connectivity index (χ1) is 9.38. The normalized spacial score (nSPS) is 10.3. The van der Waals surface area contributed by atoms with E-state index < -0.39 is 10.7 Å². The Bertz CT molecular complexity index is 692. The van der Waals surface area contributed by atoms with E-state index in [1.807, 2.05) is 0 Å². The maximum absolute atomic E-state index is 13.4. The topological polar surface area (TPSA) is 81.2 Å². The van der Waals surface area contributed by atoms with E-state index in [9.17, 15) is 14.5 Å². The van der Waals surface area contributed by atoms with Gasteiger partial charge in [0.1, 0.15) is 11.5 Å². The summed E-state index contributed by atoms with van der Waals surface area (Å²) in [5.74, 6) is -0.638. The molecule has 0 unspecified atom stereocenters. The zero-order valence-electron chi connectivity index (χ0n) is 10.5. The summed E-state index contributed by atoms with van der Waals surface area (Å²) in [6.45, 7) is 1.52. The fourth-order valence-electron chi connectivity index (χ4n) is 1.71. The van der Waals surface area contributed by atoms with E-state index in [1.54, 1.807) is 18.2 Å². The first kappa shape index (κ1) is 14.1. The van der Waals surface area contributed by atoms with Gasteiger partial charge in [-0.15, -0.1) is 0 Å². The van der Waals surface area contributed by atoms with Gasteiger partial charge in [-0.3, -0.25) is 10.1 Å². The van der Waals surface area contributed by atoms with Crippen LogP contribution in [0.2, 0.25) is 5.02 Å². The summed E-state index contributed by atoms with van der Waals surface area (Å²) in [5, 5.41) is 14.1. The maximum Gasteiger partial charge on any atom is 0.295 e. The maximum atomic E-state index is 13.4. The highest BCUT2D eigenvalue weighted by Gasteiger charge is 2.18. The molecule has 5 nitrogen and oxygen atoms in total. The molecule has 0 amide bonds. The molecule has 0 aliphatic rings. The fraction of sp³-hybridized carbons (Fsp3) is 0.0769.